The summed E-state index contributed by atoms with van der Waals surface area (Å²) in [6.45, 7) is 1.58. The molecule has 8 heteroatoms. The van der Waals surface area contributed by atoms with E-state index in [1.54, 1.807) is 6.92 Å². The Bertz CT molecular complexity index is 574. The topological polar surface area (TPSA) is 96.0 Å². The summed E-state index contributed by atoms with van der Waals surface area (Å²) in [4.78, 5) is -0.399. The number of sulfonamides is 1. The van der Waals surface area contributed by atoms with Crippen molar-refractivity contribution in [3.05, 3.63) is 30.1 Å². The minimum atomic E-state index is -3.96. The fraction of sp³-hybridized carbons (Fsp3) is 0.364. The second-order valence-corrected chi connectivity index (χ2v) is 6.06. The van der Waals surface area contributed by atoms with E-state index in [-0.39, 0.29) is 12.3 Å². The van der Waals surface area contributed by atoms with Crippen LogP contribution in [0.5, 0.6) is 0 Å². The zero-order valence-electron chi connectivity index (χ0n) is 10.6. The van der Waals surface area contributed by atoms with Crippen LogP contribution >= 0.6 is 0 Å². The zero-order valence-corrected chi connectivity index (χ0v) is 11.4. The Kier molecular flexibility index (Phi) is 4.84. The summed E-state index contributed by atoms with van der Waals surface area (Å²) in [6, 6.07) is 4.55. The van der Waals surface area contributed by atoms with E-state index >= 15 is 0 Å². The Balaban J connectivity index is 3.04. The molecule has 6 nitrogen and oxygen atoms in total. The molecule has 0 fully saturated rings. The number of rotatable bonds is 5. The minimum Gasteiger partial charge on any atom is -0.409 e. The van der Waals surface area contributed by atoms with Crippen molar-refractivity contribution in [3.63, 3.8) is 0 Å². The molecule has 0 saturated carbocycles. The Morgan fingerprint density at radius 3 is 2.63 bits per heavy atom. The van der Waals surface area contributed by atoms with Gasteiger partial charge in [-0.1, -0.05) is 17.3 Å². The maximum absolute atomic E-state index is 13.5. The standard InChI is InChI=1S/C11H16FN3O3S/c1-8(7-11(13)14-16)15(2)19(17,18)10-6-4-3-5-9(10)12/h3-6,8,16H,7H2,1-2H3,(H2,13,14). The van der Waals surface area contributed by atoms with Gasteiger partial charge in [0.15, 0.2) is 0 Å². The van der Waals surface area contributed by atoms with Gasteiger partial charge in [0.2, 0.25) is 10.0 Å². The van der Waals surface area contributed by atoms with Crippen molar-refractivity contribution in [1.82, 2.24) is 4.31 Å². The van der Waals surface area contributed by atoms with Crippen molar-refractivity contribution in [2.45, 2.75) is 24.3 Å². The summed E-state index contributed by atoms with van der Waals surface area (Å²) in [5.41, 5.74) is 5.33. The van der Waals surface area contributed by atoms with Gasteiger partial charge in [0.05, 0.1) is 0 Å². The lowest BCUT2D eigenvalue weighted by atomic mass is 10.2. The van der Waals surface area contributed by atoms with Gasteiger partial charge >= 0.3 is 0 Å². The third-order valence-electron chi connectivity index (χ3n) is 2.75. The molecule has 0 aliphatic heterocycles. The fourth-order valence-electron chi connectivity index (χ4n) is 1.52. The molecule has 19 heavy (non-hydrogen) atoms. The smallest absolute Gasteiger partial charge is 0.245 e. The predicted octanol–water partition coefficient (Wildman–Crippen LogP) is 0.971. The van der Waals surface area contributed by atoms with Gasteiger partial charge < -0.3 is 10.9 Å². The summed E-state index contributed by atoms with van der Waals surface area (Å²) in [6.07, 6.45) is 0.0423. The maximum Gasteiger partial charge on any atom is 0.245 e. The Morgan fingerprint density at radius 2 is 2.11 bits per heavy atom. The molecule has 1 aromatic carbocycles. The average molecular weight is 289 g/mol. The van der Waals surface area contributed by atoms with Crippen molar-refractivity contribution in [3.8, 4) is 0 Å². The van der Waals surface area contributed by atoms with Crippen LogP contribution in [0.15, 0.2) is 34.3 Å². The first-order valence-corrected chi connectivity index (χ1v) is 6.93. The SMILES string of the molecule is CC(CC(N)=NO)N(C)S(=O)(=O)c1ccccc1F. The molecule has 0 aliphatic carbocycles. The van der Waals surface area contributed by atoms with E-state index in [9.17, 15) is 12.8 Å². The molecule has 0 saturated heterocycles. The van der Waals surface area contributed by atoms with Gasteiger partial charge in [-0.15, -0.1) is 0 Å². The molecule has 0 spiro atoms. The van der Waals surface area contributed by atoms with Crippen LogP contribution in [0.25, 0.3) is 0 Å². The van der Waals surface area contributed by atoms with E-state index in [2.05, 4.69) is 5.16 Å². The first kappa shape index (κ1) is 15.4. The fourth-order valence-corrected chi connectivity index (χ4v) is 2.94. The summed E-state index contributed by atoms with van der Waals surface area (Å²) in [5, 5.41) is 11.2. The quantitative estimate of drug-likeness (QED) is 0.365. The Morgan fingerprint density at radius 1 is 1.53 bits per heavy atom. The molecule has 1 atom stereocenters. The number of nitrogens with zero attached hydrogens (tertiary/aromatic N) is 2. The molecular formula is C11H16FN3O3S. The number of halogens is 1. The lowest BCUT2D eigenvalue weighted by Gasteiger charge is -2.24. The van der Waals surface area contributed by atoms with Crippen LogP contribution in [0.3, 0.4) is 0 Å². The highest BCUT2D eigenvalue weighted by atomic mass is 32.2. The summed E-state index contributed by atoms with van der Waals surface area (Å²) in [7, 11) is -2.64. The molecule has 0 bridgehead atoms. The minimum absolute atomic E-state index is 0.0423. The Hall–Kier alpha value is -1.67. The second-order valence-electron chi connectivity index (χ2n) is 4.10. The summed E-state index contributed by atoms with van der Waals surface area (Å²) in [5.74, 6) is -0.909. The largest absolute Gasteiger partial charge is 0.409 e. The number of oxime groups is 1. The molecule has 1 aromatic rings. The lowest BCUT2D eigenvalue weighted by Crippen LogP contribution is -2.38. The van der Waals surface area contributed by atoms with E-state index in [4.69, 9.17) is 10.9 Å². The van der Waals surface area contributed by atoms with Gasteiger partial charge in [-0.3, -0.25) is 0 Å². The third-order valence-corrected chi connectivity index (χ3v) is 4.75. The zero-order chi connectivity index (χ0) is 14.6. The molecular weight excluding hydrogens is 273 g/mol. The molecule has 0 aliphatic rings. The number of hydrogen-bond acceptors (Lipinski definition) is 4. The van der Waals surface area contributed by atoms with Crippen molar-refractivity contribution in [2.75, 3.05) is 7.05 Å². The molecule has 106 valence electrons. The van der Waals surface area contributed by atoms with Gasteiger partial charge in [-0.2, -0.15) is 4.31 Å². The molecule has 0 radical (unpaired) electrons. The van der Waals surface area contributed by atoms with Crippen molar-refractivity contribution < 1.29 is 18.0 Å². The van der Waals surface area contributed by atoms with Crippen LogP contribution in [0.2, 0.25) is 0 Å². The van der Waals surface area contributed by atoms with Gasteiger partial charge in [-0.25, -0.2) is 12.8 Å². The van der Waals surface area contributed by atoms with Gasteiger partial charge in [0.1, 0.15) is 16.5 Å². The third kappa shape index (κ3) is 3.42. The number of nitrogens with two attached hydrogens (primary N) is 1. The van der Waals surface area contributed by atoms with Crippen molar-refractivity contribution in [2.24, 2.45) is 10.9 Å². The van der Waals surface area contributed by atoms with E-state index in [1.807, 2.05) is 0 Å². The van der Waals surface area contributed by atoms with E-state index < -0.39 is 26.8 Å². The van der Waals surface area contributed by atoms with Crippen LogP contribution in [-0.4, -0.2) is 36.9 Å². The van der Waals surface area contributed by atoms with E-state index in [0.29, 0.717) is 0 Å². The van der Waals surface area contributed by atoms with Crippen molar-refractivity contribution >= 4 is 15.9 Å². The van der Waals surface area contributed by atoms with E-state index in [0.717, 1.165) is 10.4 Å². The highest BCUT2D eigenvalue weighted by molar-refractivity contribution is 7.89. The predicted molar refractivity (Wildman–Crippen MR) is 68.8 cm³/mol. The van der Waals surface area contributed by atoms with Crippen molar-refractivity contribution in [1.29, 1.82) is 0 Å². The second kappa shape index (κ2) is 5.98. The first-order valence-electron chi connectivity index (χ1n) is 5.49. The molecule has 0 heterocycles. The van der Waals surface area contributed by atoms with Gasteiger partial charge in [0.25, 0.3) is 0 Å². The van der Waals surface area contributed by atoms with E-state index in [1.165, 1.54) is 25.2 Å². The van der Waals surface area contributed by atoms with Crippen LogP contribution < -0.4 is 5.73 Å². The molecule has 0 amide bonds. The van der Waals surface area contributed by atoms with Gasteiger partial charge in [-0.05, 0) is 19.1 Å². The summed E-state index contributed by atoms with van der Waals surface area (Å²) < 4.78 is 38.9. The number of amidine groups is 1. The highest BCUT2D eigenvalue weighted by Gasteiger charge is 2.28. The first-order chi connectivity index (χ1) is 8.80. The van der Waals surface area contributed by atoms with Crippen LogP contribution in [0, 0.1) is 5.82 Å². The summed E-state index contributed by atoms with van der Waals surface area (Å²) >= 11 is 0. The maximum atomic E-state index is 13.5. The number of benzene rings is 1. The van der Waals surface area contributed by atoms with Crippen LogP contribution in [0.1, 0.15) is 13.3 Å². The van der Waals surface area contributed by atoms with Crippen LogP contribution in [0.4, 0.5) is 4.39 Å². The average Bonchev–Trinajstić information content (AvgIpc) is 2.37. The highest BCUT2D eigenvalue weighted by Crippen LogP contribution is 2.20. The Labute approximate surface area is 111 Å². The number of hydrogen-bond donors (Lipinski definition) is 2. The molecule has 0 aromatic heterocycles. The monoisotopic (exact) mass is 289 g/mol. The molecule has 1 unspecified atom stereocenters. The van der Waals surface area contributed by atoms with Crippen LogP contribution in [-0.2, 0) is 10.0 Å². The molecule has 3 N–H and O–H groups in total. The normalized spacial score (nSPS) is 14.6. The van der Waals surface area contributed by atoms with Gasteiger partial charge in [0, 0.05) is 19.5 Å². The molecule has 1 rings (SSSR count). The lowest BCUT2D eigenvalue weighted by molar-refractivity contribution is 0.313.